The second-order valence-corrected chi connectivity index (χ2v) is 3.90. The molecule has 0 aliphatic carbocycles. The Balaban J connectivity index is 2.13. The fourth-order valence-electron chi connectivity index (χ4n) is 0.960. The topological polar surface area (TPSA) is 42.0 Å². The molecule has 14 heavy (non-hydrogen) atoms. The minimum Gasteiger partial charge on any atom is -0.358 e. The monoisotopic (exact) mass is 210 g/mol. The minimum atomic E-state index is 0.0796. The summed E-state index contributed by atoms with van der Waals surface area (Å²) in [6, 6.07) is 5.88. The van der Waals surface area contributed by atoms with Crippen molar-refractivity contribution < 1.29 is 4.79 Å². The van der Waals surface area contributed by atoms with Crippen LogP contribution in [-0.4, -0.2) is 29.4 Å². The zero-order chi connectivity index (χ0) is 10.2. The van der Waals surface area contributed by atoms with Crippen molar-refractivity contribution in [2.75, 3.05) is 18.6 Å². The molecule has 4 heteroatoms. The SMILES string of the molecule is CNC(=O)CSCCc1ccccn1. The van der Waals surface area contributed by atoms with Crippen LogP contribution in [0.4, 0.5) is 0 Å². The zero-order valence-corrected chi connectivity index (χ0v) is 9.01. The number of hydrogen-bond donors (Lipinski definition) is 1. The van der Waals surface area contributed by atoms with Crippen molar-refractivity contribution in [2.45, 2.75) is 6.42 Å². The van der Waals surface area contributed by atoms with E-state index in [1.54, 1.807) is 25.0 Å². The molecule has 0 saturated heterocycles. The smallest absolute Gasteiger partial charge is 0.229 e. The molecule has 1 heterocycles. The van der Waals surface area contributed by atoms with E-state index < -0.39 is 0 Å². The Hall–Kier alpha value is -1.03. The number of carbonyl (C=O) groups is 1. The highest BCUT2D eigenvalue weighted by Gasteiger charge is 1.98. The molecule has 1 N–H and O–H groups in total. The third kappa shape index (κ3) is 4.28. The first kappa shape index (κ1) is 11.0. The summed E-state index contributed by atoms with van der Waals surface area (Å²) >= 11 is 1.63. The molecule has 0 aromatic carbocycles. The average molecular weight is 210 g/mol. The van der Waals surface area contributed by atoms with Crippen LogP contribution in [0.2, 0.25) is 0 Å². The third-order valence-corrected chi connectivity index (χ3v) is 2.70. The lowest BCUT2D eigenvalue weighted by Crippen LogP contribution is -2.20. The third-order valence-electron chi connectivity index (χ3n) is 1.74. The van der Waals surface area contributed by atoms with Crippen LogP contribution in [0.15, 0.2) is 24.4 Å². The number of aryl methyl sites for hydroxylation is 1. The number of nitrogens with zero attached hydrogens (tertiary/aromatic N) is 1. The molecular formula is C10H14N2OS. The first-order valence-electron chi connectivity index (χ1n) is 4.51. The van der Waals surface area contributed by atoms with Gasteiger partial charge in [0.1, 0.15) is 0 Å². The number of pyridine rings is 1. The summed E-state index contributed by atoms with van der Waals surface area (Å²) in [6.45, 7) is 0. The van der Waals surface area contributed by atoms with Gasteiger partial charge in [-0.1, -0.05) is 6.07 Å². The lowest BCUT2D eigenvalue weighted by molar-refractivity contribution is -0.118. The molecule has 0 bridgehead atoms. The fourth-order valence-corrected chi connectivity index (χ4v) is 1.79. The molecule has 1 aromatic heterocycles. The van der Waals surface area contributed by atoms with Gasteiger partial charge in [0.25, 0.3) is 0 Å². The molecule has 1 aromatic rings. The maximum absolute atomic E-state index is 10.9. The molecule has 0 atom stereocenters. The highest BCUT2D eigenvalue weighted by atomic mass is 32.2. The molecule has 76 valence electrons. The predicted octanol–water partition coefficient (Wildman–Crippen LogP) is 1.10. The average Bonchev–Trinajstić information content (AvgIpc) is 2.25. The van der Waals surface area contributed by atoms with E-state index in [0.717, 1.165) is 17.9 Å². The number of aromatic nitrogens is 1. The van der Waals surface area contributed by atoms with Crippen molar-refractivity contribution in [2.24, 2.45) is 0 Å². The molecular weight excluding hydrogens is 196 g/mol. The number of hydrogen-bond acceptors (Lipinski definition) is 3. The van der Waals surface area contributed by atoms with E-state index >= 15 is 0 Å². The first-order chi connectivity index (χ1) is 6.83. The number of amides is 1. The first-order valence-corrected chi connectivity index (χ1v) is 5.66. The van der Waals surface area contributed by atoms with Gasteiger partial charge in [-0.3, -0.25) is 9.78 Å². The number of rotatable bonds is 5. The molecule has 0 fully saturated rings. The van der Waals surface area contributed by atoms with Gasteiger partial charge in [0.05, 0.1) is 5.75 Å². The normalized spacial score (nSPS) is 9.79. The van der Waals surface area contributed by atoms with E-state index in [9.17, 15) is 4.79 Å². The Morgan fingerprint density at radius 1 is 1.57 bits per heavy atom. The lowest BCUT2D eigenvalue weighted by Gasteiger charge is -2.00. The van der Waals surface area contributed by atoms with E-state index in [1.165, 1.54) is 0 Å². The Bertz CT molecular complexity index is 277. The predicted molar refractivity (Wildman–Crippen MR) is 59.3 cm³/mol. The van der Waals surface area contributed by atoms with E-state index in [0.29, 0.717) is 5.75 Å². The van der Waals surface area contributed by atoms with E-state index in [4.69, 9.17) is 0 Å². The van der Waals surface area contributed by atoms with Crippen LogP contribution in [0.25, 0.3) is 0 Å². The number of nitrogens with one attached hydrogen (secondary N) is 1. The van der Waals surface area contributed by atoms with Crippen molar-refractivity contribution in [3.63, 3.8) is 0 Å². The Labute approximate surface area is 88.3 Å². The summed E-state index contributed by atoms with van der Waals surface area (Å²) in [5.41, 5.74) is 1.08. The zero-order valence-electron chi connectivity index (χ0n) is 8.19. The fraction of sp³-hybridized carbons (Fsp3) is 0.400. The van der Waals surface area contributed by atoms with Crippen LogP contribution < -0.4 is 5.32 Å². The van der Waals surface area contributed by atoms with Gasteiger partial charge in [0, 0.05) is 18.9 Å². The summed E-state index contributed by atoms with van der Waals surface area (Å²) in [5, 5.41) is 2.59. The van der Waals surface area contributed by atoms with Gasteiger partial charge in [-0.25, -0.2) is 0 Å². The molecule has 0 saturated carbocycles. The van der Waals surface area contributed by atoms with Crippen LogP contribution in [0, 0.1) is 0 Å². The standard InChI is InChI=1S/C10H14N2OS/c1-11-10(13)8-14-7-5-9-4-2-3-6-12-9/h2-4,6H,5,7-8H2,1H3,(H,11,13). The Morgan fingerprint density at radius 2 is 2.43 bits per heavy atom. The van der Waals surface area contributed by atoms with Gasteiger partial charge in [0.2, 0.25) is 5.91 Å². The second kappa shape index (κ2) is 6.43. The summed E-state index contributed by atoms with van der Waals surface area (Å²) in [7, 11) is 1.65. The van der Waals surface area contributed by atoms with Crippen LogP contribution in [0.3, 0.4) is 0 Å². The van der Waals surface area contributed by atoms with E-state index in [2.05, 4.69) is 10.3 Å². The highest BCUT2D eigenvalue weighted by molar-refractivity contribution is 7.99. The second-order valence-electron chi connectivity index (χ2n) is 2.80. The van der Waals surface area contributed by atoms with Gasteiger partial charge in [0.15, 0.2) is 0 Å². The number of thioether (sulfide) groups is 1. The Kier molecular flexibility index (Phi) is 5.07. The maximum atomic E-state index is 10.9. The van der Waals surface area contributed by atoms with Gasteiger partial charge < -0.3 is 5.32 Å². The van der Waals surface area contributed by atoms with Gasteiger partial charge in [-0.15, -0.1) is 0 Å². The van der Waals surface area contributed by atoms with E-state index in [-0.39, 0.29) is 5.91 Å². The van der Waals surface area contributed by atoms with Crippen LogP contribution in [0.1, 0.15) is 5.69 Å². The number of carbonyl (C=O) groups excluding carboxylic acids is 1. The molecule has 1 amide bonds. The van der Waals surface area contributed by atoms with Crippen molar-refractivity contribution in [1.29, 1.82) is 0 Å². The summed E-state index contributed by atoms with van der Waals surface area (Å²) in [5.74, 6) is 1.55. The van der Waals surface area contributed by atoms with Crippen LogP contribution >= 0.6 is 11.8 Å². The van der Waals surface area contributed by atoms with Gasteiger partial charge in [-0.05, 0) is 24.3 Å². The summed E-state index contributed by atoms with van der Waals surface area (Å²) in [6.07, 6.45) is 2.71. The summed E-state index contributed by atoms with van der Waals surface area (Å²) in [4.78, 5) is 15.1. The molecule has 0 aliphatic heterocycles. The van der Waals surface area contributed by atoms with Crippen LogP contribution in [0.5, 0.6) is 0 Å². The lowest BCUT2D eigenvalue weighted by atomic mass is 10.3. The molecule has 3 nitrogen and oxygen atoms in total. The van der Waals surface area contributed by atoms with Crippen molar-refractivity contribution >= 4 is 17.7 Å². The van der Waals surface area contributed by atoms with Crippen molar-refractivity contribution in [3.05, 3.63) is 30.1 Å². The van der Waals surface area contributed by atoms with Gasteiger partial charge >= 0.3 is 0 Å². The summed E-state index contributed by atoms with van der Waals surface area (Å²) < 4.78 is 0. The Morgan fingerprint density at radius 3 is 3.07 bits per heavy atom. The van der Waals surface area contributed by atoms with Gasteiger partial charge in [-0.2, -0.15) is 11.8 Å². The quantitative estimate of drug-likeness (QED) is 0.740. The molecule has 0 aliphatic rings. The molecule has 1 rings (SSSR count). The highest BCUT2D eigenvalue weighted by Crippen LogP contribution is 2.04. The largest absolute Gasteiger partial charge is 0.358 e. The molecule has 0 unspecified atom stereocenters. The van der Waals surface area contributed by atoms with Crippen LogP contribution in [-0.2, 0) is 11.2 Å². The molecule has 0 radical (unpaired) electrons. The molecule has 0 spiro atoms. The maximum Gasteiger partial charge on any atom is 0.229 e. The van der Waals surface area contributed by atoms with E-state index in [1.807, 2.05) is 18.2 Å². The van der Waals surface area contributed by atoms with Crippen molar-refractivity contribution in [1.82, 2.24) is 10.3 Å². The van der Waals surface area contributed by atoms with Crippen molar-refractivity contribution in [3.8, 4) is 0 Å². The minimum absolute atomic E-state index is 0.0796.